The zero-order valence-corrected chi connectivity index (χ0v) is 17.7. The smallest absolute Gasteiger partial charge is 0.251 e. The van der Waals surface area contributed by atoms with E-state index in [4.69, 9.17) is 4.74 Å². The van der Waals surface area contributed by atoms with Crippen LogP contribution in [0.1, 0.15) is 53.7 Å². The highest BCUT2D eigenvalue weighted by atomic mass is 32.2. The first-order valence-electron chi connectivity index (χ1n) is 9.65. The molecule has 1 aliphatic carbocycles. The van der Waals surface area contributed by atoms with Crippen molar-refractivity contribution < 1.29 is 9.53 Å². The van der Waals surface area contributed by atoms with Crippen molar-refractivity contribution in [3.05, 3.63) is 45.9 Å². The summed E-state index contributed by atoms with van der Waals surface area (Å²) in [5.74, 6) is 1.45. The number of nitrogens with one attached hydrogen (secondary N) is 1. The lowest BCUT2D eigenvalue weighted by molar-refractivity contribution is -0.00293. The fourth-order valence-corrected chi connectivity index (χ4v) is 4.85. The lowest BCUT2D eigenvalue weighted by Gasteiger charge is -2.28. The third-order valence-electron chi connectivity index (χ3n) is 4.92. The van der Waals surface area contributed by atoms with Gasteiger partial charge in [0.2, 0.25) is 0 Å². The molecule has 2 aromatic rings. The summed E-state index contributed by atoms with van der Waals surface area (Å²) in [6, 6.07) is 7.76. The van der Waals surface area contributed by atoms with Crippen LogP contribution in [0.3, 0.4) is 0 Å². The molecule has 1 N–H and O–H groups in total. The predicted molar refractivity (Wildman–Crippen MR) is 113 cm³/mol. The van der Waals surface area contributed by atoms with E-state index in [1.807, 2.05) is 31.2 Å². The standard InChI is InChI=1S/C21H28N2O2S2/c1-15-5-3-4-6-20(15)25-12-11-22-21(24)17-7-9-19(10-8-17)27-14-18-13-26-16(2)23-18/h7-10,13,15,20H,3-6,11-12,14H2,1-2H3,(H,22,24). The number of nitrogens with zero attached hydrogens (tertiary/aromatic N) is 1. The van der Waals surface area contributed by atoms with E-state index in [-0.39, 0.29) is 5.91 Å². The maximum absolute atomic E-state index is 12.3. The van der Waals surface area contributed by atoms with Crippen LogP contribution in [0.5, 0.6) is 0 Å². The predicted octanol–water partition coefficient (Wildman–Crippen LogP) is 5.07. The Balaban J connectivity index is 1.38. The van der Waals surface area contributed by atoms with Gasteiger partial charge in [-0.3, -0.25) is 4.79 Å². The minimum Gasteiger partial charge on any atom is -0.376 e. The molecule has 0 radical (unpaired) electrons. The Bertz CT molecular complexity index is 730. The summed E-state index contributed by atoms with van der Waals surface area (Å²) < 4.78 is 5.95. The van der Waals surface area contributed by atoms with E-state index in [9.17, 15) is 4.79 Å². The van der Waals surface area contributed by atoms with Gasteiger partial charge in [0.1, 0.15) is 0 Å². The quantitative estimate of drug-likeness (QED) is 0.493. The zero-order valence-electron chi connectivity index (χ0n) is 16.1. The second-order valence-electron chi connectivity index (χ2n) is 7.10. The average Bonchev–Trinajstić information content (AvgIpc) is 3.10. The molecule has 0 saturated heterocycles. The Kier molecular flexibility index (Phi) is 7.73. The van der Waals surface area contributed by atoms with E-state index in [1.165, 1.54) is 19.3 Å². The Labute approximate surface area is 170 Å². The summed E-state index contributed by atoms with van der Waals surface area (Å²) >= 11 is 3.41. The minimum atomic E-state index is -0.0398. The lowest BCUT2D eigenvalue weighted by atomic mass is 9.88. The Morgan fingerprint density at radius 1 is 1.30 bits per heavy atom. The van der Waals surface area contributed by atoms with Crippen molar-refractivity contribution in [1.82, 2.24) is 10.3 Å². The lowest BCUT2D eigenvalue weighted by Crippen LogP contribution is -2.31. The van der Waals surface area contributed by atoms with Gasteiger partial charge in [0, 0.05) is 28.1 Å². The second-order valence-corrected chi connectivity index (χ2v) is 9.21. The normalized spacial score (nSPS) is 19.8. The van der Waals surface area contributed by atoms with Crippen molar-refractivity contribution >= 4 is 29.0 Å². The van der Waals surface area contributed by atoms with Crippen LogP contribution in [0.4, 0.5) is 0 Å². The molecule has 0 spiro atoms. The molecule has 1 saturated carbocycles. The zero-order chi connectivity index (χ0) is 19.1. The molecular weight excluding hydrogens is 376 g/mol. The van der Waals surface area contributed by atoms with E-state index in [1.54, 1.807) is 23.1 Å². The number of benzene rings is 1. The molecule has 1 fully saturated rings. The van der Waals surface area contributed by atoms with Crippen LogP contribution in [0.25, 0.3) is 0 Å². The van der Waals surface area contributed by atoms with E-state index in [2.05, 4.69) is 22.6 Å². The molecule has 146 valence electrons. The second kappa shape index (κ2) is 10.2. The van der Waals surface area contributed by atoms with Gasteiger partial charge in [0.15, 0.2) is 0 Å². The van der Waals surface area contributed by atoms with Crippen molar-refractivity contribution in [1.29, 1.82) is 0 Å². The van der Waals surface area contributed by atoms with Crippen molar-refractivity contribution in [2.45, 2.75) is 56.3 Å². The van der Waals surface area contributed by atoms with Gasteiger partial charge in [0.25, 0.3) is 5.91 Å². The molecule has 4 nitrogen and oxygen atoms in total. The number of thioether (sulfide) groups is 1. The van der Waals surface area contributed by atoms with Crippen LogP contribution in [0.15, 0.2) is 34.5 Å². The van der Waals surface area contributed by atoms with E-state index in [0.717, 1.165) is 27.8 Å². The molecule has 3 rings (SSSR count). The summed E-state index contributed by atoms with van der Waals surface area (Å²) in [7, 11) is 0. The first kappa shape index (κ1) is 20.4. The minimum absolute atomic E-state index is 0.0398. The fraction of sp³-hybridized carbons (Fsp3) is 0.524. The largest absolute Gasteiger partial charge is 0.376 e. The molecule has 0 bridgehead atoms. The Hall–Kier alpha value is -1.37. The maximum Gasteiger partial charge on any atom is 0.251 e. The van der Waals surface area contributed by atoms with Gasteiger partial charge in [-0.1, -0.05) is 19.8 Å². The molecule has 2 unspecified atom stereocenters. The van der Waals surface area contributed by atoms with Crippen LogP contribution in [0.2, 0.25) is 0 Å². The number of hydrogen-bond acceptors (Lipinski definition) is 5. The van der Waals surface area contributed by atoms with Gasteiger partial charge < -0.3 is 10.1 Å². The van der Waals surface area contributed by atoms with E-state index >= 15 is 0 Å². The first-order valence-corrected chi connectivity index (χ1v) is 11.5. The molecule has 2 atom stereocenters. The first-order chi connectivity index (χ1) is 13.1. The highest BCUT2D eigenvalue weighted by Gasteiger charge is 2.21. The molecule has 1 aromatic heterocycles. The molecular formula is C21H28N2O2S2. The molecule has 1 aromatic carbocycles. The SMILES string of the molecule is Cc1nc(CSc2ccc(C(=O)NCCOC3CCCCC3C)cc2)cs1. The molecule has 1 aliphatic rings. The number of amides is 1. The van der Waals surface area contributed by atoms with E-state index in [0.29, 0.717) is 30.7 Å². The van der Waals surface area contributed by atoms with Gasteiger partial charge in [-0.25, -0.2) is 4.98 Å². The van der Waals surface area contributed by atoms with Crippen LogP contribution < -0.4 is 5.32 Å². The van der Waals surface area contributed by atoms with Crippen LogP contribution in [-0.4, -0.2) is 30.1 Å². The number of thiazole rings is 1. The van der Waals surface area contributed by atoms with Gasteiger partial charge in [-0.2, -0.15) is 0 Å². The van der Waals surface area contributed by atoms with Crippen LogP contribution >= 0.6 is 23.1 Å². The van der Waals surface area contributed by atoms with Crippen LogP contribution in [-0.2, 0) is 10.5 Å². The van der Waals surface area contributed by atoms with Gasteiger partial charge >= 0.3 is 0 Å². The van der Waals surface area contributed by atoms with Crippen LogP contribution in [0, 0.1) is 12.8 Å². The summed E-state index contributed by atoms with van der Waals surface area (Å²) in [6.45, 7) is 5.42. The fourth-order valence-electron chi connectivity index (χ4n) is 3.34. The highest BCUT2D eigenvalue weighted by Crippen LogP contribution is 2.26. The van der Waals surface area contributed by atoms with Crippen molar-refractivity contribution in [3.8, 4) is 0 Å². The van der Waals surface area contributed by atoms with Crippen molar-refractivity contribution in [2.24, 2.45) is 5.92 Å². The number of rotatable bonds is 8. The molecule has 6 heteroatoms. The summed E-state index contributed by atoms with van der Waals surface area (Å²) in [4.78, 5) is 17.9. The summed E-state index contributed by atoms with van der Waals surface area (Å²) in [5.41, 5.74) is 1.80. The number of ether oxygens (including phenoxy) is 1. The number of hydrogen-bond donors (Lipinski definition) is 1. The molecule has 1 heterocycles. The average molecular weight is 405 g/mol. The summed E-state index contributed by atoms with van der Waals surface area (Å²) in [5, 5.41) is 6.15. The number of aryl methyl sites for hydroxylation is 1. The topological polar surface area (TPSA) is 51.2 Å². The number of carbonyl (C=O) groups excluding carboxylic acids is 1. The third-order valence-corrected chi connectivity index (χ3v) is 6.79. The highest BCUT2D eigenvalue weighted by molar-refractivity contribution is 7.98. The third kappa shape index (κ3) is 6.33. The maximum atomic E-state index is 12.3. The Morgan fingerprint density at radius 3 is 2.78 bits per heavy atom. The van der Waals surface area contributed by atoms with E-state index < -0.39 is 0 Å². The summed E-state index contributed by atoms with van der Waals surface area (Å²) in [6.07, 6.45) is 5.33. The van der Waals surface area contributed by atoms with Crippen molar-refractivity contribution in [3.63, 3.8) is 0 Å². The molecule has 27 heavy (non-hydrogen) atoms. The monoisotopic (exact) mass is 404 g/mol. The molecule has 1 amide bonds. The Morgan fingerprint density at radius 2 is 2.07 bits per heavy atom. The number of carbonyl (C=O) groups is 1. The van der Waals surface area contributed by atoms with Gasteiger partial charge in [0.05, 0.1) is 23.4 Å². The van der Waals surface area contributed by atoms with Gasteiger partial charge in [-0.15, -0.1) is 23.1 Å². The van der Waals surface area contributed by atoms with Crippen molar-refractivity contribution in [2.75, 3.05) is 13.2 Å². The van der Waals surface area contributed by atoms with Gasteiger partial charge in [-0.05, 0) is 49.9 Å². The number of aromatic nitrogens is 1. The molecule has 0 aliphatic heterocycles.